The van der Waals surface area contributed by atoms with Gasteiger partial charge < -0.3 is 14.7 Å². The third kappa shape index (κ3) is 2.39. The third-order valence-electron chi connectivity index (χ3n) is 1.69. The predicted octanol–water partition coefficient (Wildman–Crippen LogP) is 1.90. The molecule has 0 heterocycles. The lowest BCUT2D eigenvalue weighted by Crippen LogP contribution is -1.96. The van der Waals surface area contributed by atoms with Crippen LogP contribution in [0.3, 0.4) is 0 Å². The lowest BCUT2D eigenvalue weighted by Gasteiger charge is -2.09. The topological polar surface area (TPSA) is 51.0 Å². The van der Waals surface area contributed by atoms with Crippen LogP contribution in [0.15, 0.2) is 23.4 Å². The molecule has 1 aromatic carbocycles. The zero-order chi connectivity index (χ0) is 10.4. The maximum absolute atomic E-state index is 8.36. The highest BCUT2D eigenvalue weighted by molar-refractivity contribution is 5.80. The standard InChI is InChI=1S/C10H13NO3/c1-3-14-10-6-8(7-11-12)4-5-9(10)13-2/h4-7,12H,3H2,1-2H3/b11-7+. The Kier molecular flexibility index (Phi) is 3.79. The van der Waals surface area contributed by atoms with Gasteiger partial charge in [0.15, 0.2) is 11.5 Å². The van der Waals surface area contributed by atoms with Gasteiger partial charge in [0, 0.05) is 5.56 Å². The average molecular weight is 195 g/mol. The maximum atomic E-state index is 8.36. The van der Waals surface area contributed by atoms with E-state index in [4.69, 9.17) is 14.7 Å². The summed E-state index contributed by atoms with van der Waals surface area (Å²) in [5.41, 5.74) is 0.761. The maximum Gasteiger partial charge on any atom is 0.161 e. The van der Waals surface area contributed by atoms with Crippen molar-refractivity contribution < 1.29 is 14.7 Å². The predicted molar refractivity (Wildman–Crippen MR) is 53.5 cm³/mol. The van der Waals surface area contributed by atoms with Gasteiger partial charge in [0.25, 0.3) is 0 Å². The van der Waals surface area contributed by atoms with Crippen LogP contribution in [0.25, 0.3) is 0 Å². The first kappa shape index (κ1) is 10.4. The Hall–Kier alpha value is -1.71. The van der Waals surface area contributed by atoms with Crippen molar-refractivity contribution in [3.8, 4) is 11.5 Å². The number of nitrogens with zero attached hydrogens (tertiary/aromatic N) is 1. The van der Waals surface area contributed by atoms with Crippen LogP contribution in [-0.4, -0.2) is 25.1 Å². The van der Waals surface area contributed by atoms with E-state index in [0.717, 1.165) is 5.56 Å². The van der Waals surface area contributed by atoms with E-state index in [2.05, 4.69) is 5.16 Å². The number of oxime groups is 1. The van der Waals surface area contributed by atoms with Gasteiger partial charge in [0.2, 0.25) is 0 Å². The molecule has 0 radical (unpaired) electrons. The van der Waals surface area contributed by atoms with Gasteiger partial charge in [-0.15, -0.1) is 0 Å². The first-order valence-electron chi connectivity index (χ1n) is 4.30. The molecule has 0 amide bonds. The Labute approximate surface area is 82.8 Å². The molecule has 0 saturated carbocycles. The van der Waals surface area contributed by atoms with Crippen LogP contribution >= 0.6 is 0 Å². The second-order valence-electron chi connectivity index (χ2n) is 2.59. The molecule has 14 heavy (non-hydrogen) atoms. The van der Waals surface area contributed by atoms with Crippen molar-refractivity contribution in [3.05, 3.63) is 23.8 Å². The molecule has 0 aliphatic heterocycles. The summed E-state index contributed by atoms with van der Waals surface area (Å²) in [6.45, 7) is 2.46. The minimum Gasteiger partial charge on any atom is -0.493 e. The van der Waals surface area contributed by atoms with Crippen LogP contribution in [0.1, 0.15) is 12.5 Å². The van der Waals surface area contributed by atoms with Gasteiger partial charge in [-0.2, -0.15) is 0 Å². The van der Waals surface area contributed by atoms with Crippen molar-refractivity contribution in [1.29, 1.82) is 0 Å². The fourth-order valence-electron chi connectivity index (χ4n) is 1.11. The van der Waals surface area contributed by atoms with Gasteiger partial charge in [-0.1, -0.05) is 5.16 Å². The van der Waals surface area contributed by atoms with Gasteiger partial charge in [-0.25, -0.2) is 0 Å². The highest BCUT2D eigenvalue weighted by atomic mass is 16.5. The van der Waals surface area contributed by atoms with Crippen molar-refractivity contribution in [2.45, 2.75) is 6.92 Å². The van der Waals surface area contributed by atoms with Gasteiger partial charge in [-0.3, -0.25) is 0 Å². The Morgan fingerprint density at radius 2 is 2.21 bits per heavy atom. The first-order chi connectivity index (χ1) is 6.81. The van der Waals surface area contributed by atoms with Crippen molar-refractivity contribution in [1.82, 2.24) is 0 Å². The molecule has 0 saturated heterocycles. The summed E-state index contributed by atoms with van der Waals surface area (Å²) >= 11 is 0. The molecule has 0 aromatic heterocycles. The summed E-state index contributed by atoms with van der Waals surface area (Å²) in [5.74, 6) is 1.31. The number of methoxy groups -OCH3 is 1. The van der Waals surface area contributed by atoms with Gasteiger partial charge in [0.05, 0.1) is 19.9 Å². The van der Waals surface area contributed by atoms with Gasteiger partial charge in [0.1, 0.15) is 0 Å². The fraction of sp³-hybridized carbons (Fsp3) is 0.300. The van der Waals surface area contributed by atoms with E-state index in [9.17, 15) is 0 Å². The van der Waals surface area contributed by atoms with Crippen LogP contribution in [0.5, 0.6) is 11.5 Å². The van der Waals surface area contributed by atoms with Crippen molar-refractivity contribution in [2.24, 2.45) is 5.16 Å². The molecule has 1 rings (SSSR count). The van der Waals surface area contributed by atoms with Crippen LogP contribution in [0, 0.1) is 0 Å². The van der Waals surface area contributed by atoms with E-state index in [1.807, 2.05) is 6.92 Å². The Morgan fingerprint density at radius 1 is 1.43 bits per heavy atom. The summed E-state index contributed by atoms with van der Waals surface area (Å²) in [5, 5.41) is 11.3. The lowest BCUT2D eigenvalue weighted by atomic mass is 10.2. The van der Waals surface area contributed by atoms with Crippen LogP contribution in [-0.2, 0) is 0 Å². The van der Waals surface area contributed by atoms with E-state index >= 15 is 0 Å². The molecule has 1 aromatic rings. The molecular weight excluding hydrogens is 182 g/mol. The monoisotopic (exact) mass is 195 g/mol. The van der Waals surface area contributed by atoms with E-state index < -0.39 is 0 Å². The van der Waals surface area contributed by atoms with Crippen molar-refractivity contribution >= 4 is 6.21 Å². The summed E-state index contributed by atoms with van der Waals surface area (Å²) in [6, 6.07) is 5.30. The van der Waals surface area contributed by atoms with E-state index in [1.165, 1.54) is 6.21 Å². The van der Waals surface area contributed by atoms with E-state index in [-0.39, 0.29) is 0 Å². The molecule has 76 valence electrons. The summed E-state index contributed by atoms with van der Waals surface area (Å²) in [7, 11) is 1.58. The molecule has 1 N–H and O–H groups in total. The third-order valence-corrected chi connectivity index (χ3v) is 1.69. The summed E-state index contributed by atoms with van der Waals surface area (Å²) in [6.07, 6.45) is 1.34. The largest absolute Gasteiger partial charge is 0.493 e. The smallest absolute Gasteiger partial charge is 0.161 e. The highest BCUT2D eigenvalue weighted by Gasteiger charge is 2.03. The molecule has 0 atom stereocenters. The number of rotatable bonds is 4. The normalized spacial score (nSPS) is 10.4. The Bertz CT molecular complexity index is 323. The molecule has 0 bridgehead atoms. The molecular formula is C10H13NO3. The quantitative estimate of drug-likeness (QED) is 0.453. The van der Waals surface area contributed by atoms with Crippen LogP contribution in [0.4, 0.5) is 0 Å². The van der Waals surface area contributed by atoms with Gasteiger partial charge >= 0.3 is 0 Å². The fourth-order valence-corrected chi connectivity index (χ4v) is 1.11. The first-order valence-corrected chi connectivity index (χ1v) is 4.30. The van der Waals surface area contributed by atoms with Gasteiger partial charge in [-0.05, 0) is 25.1 Å². The summed E-state index contributed by atoms with van der Waals surface area (Å²) in [4.78, 5) is 0. The van der Waals surface area contributed by atoms with Crippen LogP contribution < -0.4 is 9.47 Å². The number of ether oxygens (including phenoxy) is 2. The molecule has 0 unspecified atom stereocenters. The Morgan fingerprint density at radius 3 is 2.79 bits per heavy atom. The number of hydrogen-bond donors (Lipinski definition) is 1. The van der Waals surface area contributed by atoms with E-state index in [1.54, 1.807) is 25.3 Å². The SMILES string of the molecule is CCOc1cc(/C=N/O)ccc1OC. The van der Waals surface area contributed by atoms with Crippen molar-refractivity contribution in [3.63, 3.8) is 0 Å². The van der Waals surface area contributed by atoms with Crippen LogP contribution in [0.2, 0.25) is 0 Å². The number of benzene rings is 1. The average Bonchev–Trinajstić information content (AvgIpc) is 2.19. The minimum atomic E-state index is 0.566. The zero-order valence-electron chi connectivity index (χ0n) is 8.23. The van der Waals surface area contributed by atoms with Crippen molar-refractivity contribution in [2.75, 3.05) is 13.7 Å². The second-order valence-corrected chi connectivity index (χ2v) is 2.59. The molecule has 4 heteroatoms. The molecule has 0 aliphatic carbocycles. The summed E-state index contributed by atoms with van der Waals surface area (Å²) < 4.78 is 10.4. The number of hydrogen-bond acceptors (Lipinski definition) is 4. The van der Waals surface area contributed by atoms with E-state index in [0.29, 0.717) is 18.1 Å². The highest BCUT2D eigenvalue weighted by Crippen LogP contribution is 2.27. The minimum absolute atomic E-state index is 0.566. The Balaban J connectivity index is 3.00. The molecule has 4 nitrogen and oxygen atoms in total. The zero-order valence-corrected chi connectivity index (χ0v) is 8.23. The lowest BCUT2D eigenvalue weighted by molar-refractivity contribution is 0.310. The molecule has 0 fully saturated rings. The molecule has 0 aliphatic rings. The molecule has 0 spiro atoms. The second kappa shape index (κ2) is 5.11.